The summed E-state index contributed by atoms with van der Waals surface area (Å²) < 4.78 is 5.44. The lowest BCUT2D eigenvalue weighted by molar-refractivity contribution is -0.386. The van der Waals surface area contributed by atoms with Crippen LogP contribution in [0.1, 0.15) is 36.0 Å². The maximum atomic E-state index is 12.7. The number of carbonyl (C=O) groups excluding carboxylic acids is 1. The van der Waals surface area contributed by atoms with Crippen molar-refractivity contribution in [3.63, 3.8) is 0 Å². The molecular weight excluding hydrogens is 418 g/mol. The second kappa shape index (κ2) is 8.57. The number of allylic oxidation sites excluding steroid dienone is 1. The Morgan fingerprint density at radius 2 is 2.19 bits per heavy atom. The van der Waals surface area contributed by atoms with Gasteiger partial charge in [-0.05, 0) is 58.6 Å². The van der Waals surface area contributed by atoms with Crippen LogP contribution in [0.25, 0.3) is 11.3 Å². The fraction of sp³-hybridized carbons (Fsp3) is 0.182. The molecule has 1 unspecified atom stereocenters. The number of phenols is 1. The van der Waals surface area contributed by atoms with E-state index in [4.69, 9.17) is 4.74 Å². The number of phenolic OH excluding ortho intramolecular Hbond substituents is 1. The van der Waals surface area contributed by atoms with Gasteiger partial charge in [0, 0.05) is 36.4 Å². The summed E-state index contributed by atoms with van der Waals surface area (Å²) in [4.78, 5) is 27.7. The lowest BCUT2D eigenvalue weighted by atomic mass is 9.80. The summed E-state index contributed by atoms with van der Waals surface area (Å²) in [6.07, 6.45) is 3.41. The summed E-state index contributed by atoms with van der Waals surface area (Å²) in [5.74, 6) is -1.19. The summed E-state index contributed by atoms with van der Waals surface area (Å²) in [5, 5.41) is 28.7. The van der Waals surface area contributed by atoms with E-state index < -0.39 is 22.3 Å². The van der Waals surface area contributed by atoms with Crippen LogP contribution >= 0.6 is 11.3 Å². The Morgan fingerprint density at radius 3 is 2.84 bits per heavy atom. The zero-order valence-electron chi connectivity index (χ0n) is 16.6. The van der Waals surface area contributed by atoms with Crippen LogP contribution in [0.2, 0.25) is 0 Å². The maximum absolute atomic E-state index is 12.7. The molecule has 2 N–H and O–H groups in total. The van der Waals surface area contributed by atoms with E-state index in [1.165, 1.54) is 17.4 Å². The first-order chi connectivity index (χ1) is 15.0. The predicted molar refractivity (Wildman–Crippen MR) is 117 cm³/mol. The Bertz CT molecular complexity index is 1160. The van der Waals surface area contributed by atoms with Gasteiger partial charge in [0.2, 0.25) is 11.7 Å². The molecule has 1 aliphatic rings. The van der Waals surface area contributed by atoms with Crippen molar-refractivity contribution in [2.24, 2.45) is 0 Å². The Labute approximate surface area is 182 Å². The standard InChI is InChI=1S/C22H19N3O5S/c1-2-30-18-9-15(8-17(22(18)27)25(28)29)16-10-19(26)24-21(13-4-3-6-23-11-13)20(16)14-5-7-31-12-14/h3-9,11-12,16,27H,2,10H2,1H3,(H,24,26). The van der Waals surface area contributed by atoms with Crippen molar-refractivity contribution in [2.75, 3.05) is 6.61 Å². The monoisotopic (exact) mass is 437 g/mol. The van der Waals surface area contributed by atoms with Gasteiger partial charge in [-0.3, -0.25) is 19.9 Å². The van der Waals surface area contributed by atoms with Crippen LogP contribution in [-0.4, -0.2) is 27.5 Å². The maximum Gasteiger partial charge on any atom is 0.314 e. The summed E-state index contributed by atoms with van der Waals surface area (Å²) in [5.41, 5.74) is 3.14. The summed E-state index contributed by atoms with van der Waals surface area (Å²) in [6.45, 7) is 1.96. The van der Waals surface area contributed by atoms with Crippen molar-refractivity contribution in [3.8, 4) is 11.5 Å². The van der Waals surface area contributed by atoms with Gasteiger partial charge in [-0.25, -0.2) is 0 Å². The van der Waals surface area contributed by atoms with Crippen LogP contribution in [0.15, 0.2) is 53.5 Å². The van der Waals surface area contributed by atoms with Crippen LogP contribution in [0.5, 0.6) is 11.5 Å². The highest BCUT2D eigenvalue weighted by Gasteiger charge is 2.33. The third kappa shape index (κ3) is 3.99. The Balaban J connectivity index is 1.96. The SMILES string of the molecule is CCOc1cc(C2CC(=O)NC(c3cccnc3)=C2c2ccsc2)cc([N+](=O)[O-])c1O. The molecule has 3 aromatic rings. The van der Waals surface area contributed by atoms with E-state index in [2.05, 4.69) is 10.3 Å². The number of benzene rings is 1. The fourth-order valence-corrected chi connectivity index (χ4v) is 4.38. The molecule has 1 aromatic carbocycles. The molecule has 1 amide bonds. The van der Waals surface area contributed by atoms with Gasteiger partial charge in [0.05, 0.1) is 17.2 Å². The lowest BCUT2D eigenvalue weighted by Crippen LogP contribution is -2.31. The second-order valence-corrected chi connectivity index (χ2v) is 7.70. The van der Waals surface area contributed by atoms with Gasteiger partial charge in [-0.2, -0.15) is 11.3 Å². The Morgan fingerprint density at radius 1 is 1.35 bits per heavy atom. The average Bonchev–Trinajstić information content (AvgIpc) is 3.29. The van der Waals surface area contributed by atoms with E-state index in [1.54, 1.807) is 31.5 Å². The average molecular weight is 437 g/mol. The van der Waals surface area contributed by atoms with Gasteiger partial charge >= 0.3 is 5.69 Å². The van der Waals surface area contributed by atoms with Gasteiger partial charge in [-0.15, -0.1) is 0 Å². The Kier molecular flexibility index (Phi) is 5.68. The smallest absolute Gasteiger partial charge is 0.314 e. The molecule has 4 rings (SSSR count). The molecular formula is C22H19N3O5S. The highest BCUT2D eigenvalue weighted by Crippen LogP contribution is 2.46. The molecule has 0 fully saturated rings. The molecule has 0 aliphatic carbocycles. The number of nitro benzene ring substituents is 1. The molecule has 0 bridgehead atoms. The number of nitro groups is 1. The number of nitrogens with zero attached hydrogens (tertiary/aromatic N) is 2. The van der Waals surface area contributed by atoms with Gasteiger partial charge in [-0.1, -0.05) is 0 Å². The third-order valence-electron chi connectivity index (χ3n) is 5.03. The van der Waals surface area contributed by atoms with E-state index in [9.17, 15) is 20.0 Å². The minimum Gasteiger partial charge on any atom is -0.500 e. The highest BCUT2D eigenvalue weighted by molar-refractivity contribution is 7.08. The lowest BCUT2D eigenvalue weighted by Gasteiger charge is -2.29. The van der Waals surface area contributed by atoms with Crippen molar-refractivity contribution in [1.29, 1.82) is 0 Å². The summed E-state index contributed by atoms with van der Waals surface area (Å²) in [6, 6.07) is 8.46. The number of pyridine rings is 1. The molecule has 2 aromatic heterocycles. The number of hydrogen-bond acceptors (Lipinski definition) is 7. The van der Waals surface area contributed by atoms with Gasteiger partial charge in [0.15, 0.2) is 5.75 Å². The number of carbonyl (C=O) groups is 1. The molecule has 1 atom stereocenters. The molecule has 0 spiro atoms. The van der Waals surface area contributed by atoms with Crippen molar-refractivity contribution < 1.29 is 19.6 Å². The van der Waals surface area contributed by atoms with E-state index in [0.717, 1.165) is 16.7 Å². The second-order valence-electron chi connectivity index (χ2n) is 6.92. The van der Waals surface area contributed by atoms with Gasteiger partial charge in [0.1, 0.15) is 0 Å². The van der Waals surface area contributed by atoms with Crippen molar-refractivity contribution in [1.82, 2.24) is 10.3 Å². The number of aromatic hydroxyl groups is 1. The van der Waals surface area contributed by atoms with Crippen LogP contribution in [-0.2, 0) is 4.79 Å². The molecule has 8 nitrogen and oxygen atoms in total. The summed E-state index contributed by atoms with van der Waals surface area (Å²) >= 11 is 1.51. The number of amides is 1. The minimum atomic E-state index is -0.653. The predicted octanol–water partition coefficient (Wildman–Crippen LogP) is 4.33. The number of nitrogens with one attached hydrogen (secondary N) is 1. The van der Waals surface area contributed by atoms with Gasteiger partial charge < -0.3 is 15.2 Å². The molecule has 0 saturated heterocycles. The van der Waals surface area contributed by atoms with Crippen LogP contribution in [0.3, 0.4) is 0 Å². The number of hydrogen-bond donors (Lipinski definition) is 2. The van der Waals surface area contributed by atoms with E-state index in [0.29, 0.717) is 11.3 Å². The highest BCUT2D eigenvalue weighted by atomic mass is 32.1. The number of rotatable bonds is 6. The molecule has 31 heavy (non-hydrogen) atoms. The molecule has 158 valence electrons. The van der Waals surface area contributed by atoms with Crippen molar-refractivity contribution in [2.45, 2.75) is 19.3 Å². The first-order valence-corrected chi connectivity index (χ1v) is 10.5. The third-order valence-corrected chi connectivity index (χ3v) is 5.71. The number of thiophene rings is 1. The zero-order valence-corrected chi connectivity index (χ0v) is 17.4. The fourth-order valence-electron chi connectivity index (χ4n) is 3.73. The Hall–Kier alpha value is -3.72. The van der Waals surface area contributed by atoms with E-state index in [-0.39, 0.29) is 24.7 Å². The molecule has 1 aliphatic heterocycles. The largest absolute Gasteiger partial charge is 0.500 e. The number of ether oxygens (including phenoxy) is 1. The molecule has 3 heterocycles. The van der Waals surface area contributed by atoms with Gasteiger partial charge in [0.25, 0.3) is 0 Å². The van der Waals surface area contributed by atoms with Crippen molar-refractivity contribution in [3.05, 3.63) is 80.3 Å². The van der Waals surface area contributed by atoms with Crippen LogP contribution in [0.4, 0.5) is 5.69 Å². The topological polar surface area (TPSA) is 115 Å². The van der Waals surface area contributed by atoms with Crippen LogP contribution < -0.4 is 10.1 Å². The molecule has 9 heteroatoms. The first-order valence-electron chi connectivity index (χ1n) is 9.60. The number of aromatic nitrogens is 1. The van der Waals surface area contributed by atoms with Crippen molar-refractivity contribution >= 4 is 34.2 Å². The first kappa shape index (κ1) is 20.5. The normalized spacial score (nSPS) is 16.2. The van der Waals surface area contributed by atoms with Crippen LogP contribution in [0, 0.1) is 10.1 Å². The van der Waals surface area contributed by atoms with E-state index >= 15 is 0 Å². The molecule has 0 radical (unpaired) electrons. The van der Waals surface area contributed by atoms with E-state index in [1.807, 2.05) is 22.9 Å². The zero-order chi connectivity index (χ0) is 22.0. The minimum absolute atomic E-state index is 0.0188. The molecule has 0 saturated carbocycles. The quantitative estimate of drug-likeness (QED) is 0.438. The summed E-state index contributed by atoms with van der Waals surface area (Å²) in [7, 11) is 0.